The SMILES string of the molecule is Cc1cc(=O)c(O)c(C(=O)c2ccc(Cc3ccc(F)cc3)o2)o1.Cc1cc(=O)c(O)c(CO)o1.Cc1cc(=O)c(O)co1.Cc1cc(=O)c(OCc2ccccc2)c(C(=O)c2ccc(Cc3ccc(F)cc3)o2)o1.Cc1cc(=O)c(OCc2ccccc2)c(C=O)o1.Cc1cc(=O)c(OCc2ccccc2)c(CO)o1.O=c1cc(CCl)occ1O.O=c1cc(CO)occ1O. The highest BCUT2D eigenvalue weighted by Gasteiger charge is 2.26. The molecule has 680 valence electrons. The van der Waals surface area contributed by atoms with Crippen LogP contribution in [0.5, 0.6) is 46.0 Å². The quantitative estimate of drug-likeness (QED) is 0.0177. The summed E-state index contributed by atoms with van der Waals surface area (Å²) in [6.45, 7) is 8.98. The summed E-state index contributed by atoms with van der Waals surface area (Å²) in [5.74, 6) is -1.39. The zero-order valence-corrected chi connectivity index (χ0v) is 71.1. The molecule has 0 fully saturated rings. The number of aldehydes is 1. The smallest absolute Gasteiger partial charge is 0.267 e. The van der Waals surface area contributed by atoms with E-state index < -0.39 is 79.5 Å². The highest BCUT2D eigenvalue weighted by molar-refractivity contribution is 6.16. The average Bonchev–Trinajstić information content (AvgIpc) is 1.75. The van der Waals surface area contributed by atoms with Crippen molar-refractivity contribution >= 4 is 29.5 Å². The Morgan fingerprint density at radius 1 is 0.344 bits per heavy atom. The van der Waals surface area contributed by atoms with E-state index in [0.29, 0.717) is 65.2 Å². The molecular formula is C96H83ClF2O32. The molecule has 15 rings (SSSR count). The van der Waals surface area contributed by atoms with Crippen LogP contribution in [-0.2, 0) is 58.4 Å². The number of hydrogen-bond donors (Lipinski definition) is 8. The molecule has 0 saturated heterocycles. The van der Waals surface area contributed by atoms with E-state index in [1.807, 2.05) is 91.0 Å². The second kappa shape index (κ2) is 49.6. The summed E-state index contributed by atoms with van der Waals surface area (Å²) in [5, 5.41) is 70.8. The summed E-state index contributed by atoms with van der Waals surface area (Å²) >= 11 is 5.34. The molecule has 0 atom stereocenters. The van der Waals surface area contributed by atoms with Crippen molar-refractivity contribution in [1.82, 2.24) is 0 Å². The van der Waals surface area contributed by atoms with Gasteiger partial charge in [0.05, 0.1) is 5.88 Å². The summed E-state index contributed by atoms with van der Waals surface area (Å²) in [4.78, 5) is 126. The first-order valence-electron chi connectivity index (χ1n) is 38.8. The van der Waals surface area contributed by atoms with Crippen molar-refractivity contribution in [3.8, 4) is 46.0 Å². The van der Waals surface area contributed by atoms with Crippen molar-refractivity contribution in [3.05, 3.63) is 450 Å². The maximum Gasteiger partial charge on any atom is 0.267 e. The summed E-state index contributed by atoms with van der Waals surface area (Å²) in [6, 6.07) is 55.9. The van der Waals surface area contributed by atoms with Gasteiger partial charge in [0.1, 0.15) is 128 Å². The lowest BCUT2D eigenvalue weighted by molar-refractivity contribution is 0.0964. The monoisotopic (exact) mass is 1820 g/mol. The predicted octanol–water partition coefficient (Wildman–Crippen LogP) is 14.4. The van der Waals surface area contributed by atoms with Gasteiger partial charge in [0.2, 0.25) is 89.5 Å². The van der Waals surface area contributed by atoms with E-state index in [9.17, 15) is 66.6 Å². The maximum absolute atomic E-state index is 13.1. The molecule has 0 bridgehead atoms. The highest BCUT2D eigenvalue weighted by Crippen LogP contribution is 2.27. The van der Waals surface area contributed by atoms with E-state index in [0.717, 1.165) is 70.9 Å². The van der Waals surface area contributed by atoms with E-state index in [1.165, 1.54) is 67.6 Å². The number of ether oxygens (including phenoxy) is 3. The Labute approximate surface area is 744 Å². The molecule has 15 aromatic rings. The third-order valence-electron chi connectivity index (χ3n) is 17.1. The van der Waals surface area contributed by atoms with Gasteiger partial charge >= 0.3 is 0 Å². The van der Waals surface area contributed by atoms with Crippen LogP contribution < -0.4 is 57.6 Å². The van der Waals surface area contributed by atoms with Crippen LogP contribution in [0.3, 0.4) is 0 Å². The Morgan fingerprint density at radius 3 is 1.13 bits per heavy atom. The van der Waals surface area contributed by atoms with Crippen LogP contribution in [0, 0.1) is 53.2 Å². The fourth-order valence-corrected chi connectivity index (χ4v) is 11.1. The lowest BCUT2D eigenvalue weighted by Gasteiger charge is -2.09. The second-order valence-electron chi connectivity index (χ2n) is 27.4. The van der Waals surface area contributed by atoms with E-state index in [-0.39, 0.29) is 130 Å². The van der Waals surface area contributed by atoms with Crippen LogP contribution in [0.25, 0.3) is 0 Å². The Morgan fingerprint density at radius 2 is 0.702 bits per heavy atom. The molecule has 8 N–H and O–H groups in total. The number of benzene rings is 5. The molecule has 0 unspecified atom stereocenters. The molecule has 0 radical (unpaired) electrons. The number of carbonyl (C=O) groups is 3. The Bertz CT molecular complexity index is 6780. The molecule has 10 aromatic heterocycles. The normalized spacial score (nSPS) is 10.3. The van der Waals surface area contributed by atoms with Gasteiger partial charge in [-0.15, -0.1) is 11.6 Å². The molecule has 0 aliphatic heterocycles. The number of aliphatic hydroxyl groups is 3. The van der Waals surface area contributed by atoms with Crippen molar-refractivity contribution in [2.75, 3.05) is 0 Å². The molecule has 0 spiro atoms. The van der Waals surface area contributed by atoms with Crippen molar-refractivity contribution in [1.29, 1.82) is 0 Å². The topological polar surface area (TPSA) is 509 Å². The minimum Gasteiger partial charge on any atom is -0.502 e. The second-order valence-corrected chi connectivity index (χ2v) is 27.7. The number of carbonyl (C=O) groups excluding carboxylic acids is 3. The third kappa shape index (κ3) is 31.1. The van der Waals surface area contributed by atoms with Crippen LogP contribution in [0.2, 0.25) is 0 Å². The van der Waals surface area contributed by atoms with Gasteiger partial charge in [-0.25, -0.2) is 8.78 Å². The summed E-state index contributed by atoms with van der Waals surface area (Å²) < 4.78 is 93.5. The third-order valence-corrected chi connectivity index (χ3v) is 17.4. The number of furan rings is 2. The van der Waals surface area contributed by atoms with Crippen LogP contribution in [0.1, 0.15) is 140 Å². The number of aryl methyl sites for hydroxylation is 6. The number of alkyl halides is 1. The van der Waals surface area contributed by atoms with Gasteiger partial charge in [-0.1, -0.05) is 115 Å². The van der Waals surface area contributed by atoms with Crippen LogP contribution >= 0.6 is 11.6 Å². The van der Waals surface area contributed by atoms with Crippen molar-refractivity contribution < 1.29 is 122 Å². The minimum absolute atomic E-state index is 0.0235. The number of rotatable bonds is 22. The van der Waals surface area contributed by atoms with Gasteiger partial charge in [0, 0.05) is 61.4 Å². The van der Waals surface area contributed by atoms with Crippen LogP contribution in [0.15, 0.2) is 314 Å². The lowest BCUT2D eigenvalue weighted by atomic mass is 10.1. The summed E-state index contributed by atoms with van der Waals surface area (Å²) in [6.07, 6.45) is 4.14. The minimum atomic E-state index is -0.748. The number of hydrogen-bond acceptors (Lipinski definition) is 32. The Kier molecular flexibility index (Phi) is 37.9. The van der Waals surface area contributed by atoms with E-state index >= 15 is 0 Å². The van der Waals surface area contributed by atoms with Gasteiger partial charge in [-0.2, -0.15) is 0 Å². The maximum atomic E-state index is 13.1. The predicted molar refractivity (Wildman–Crippen MR) is 464 cm³/mol. The first kappa shape index (κ1) is 100. The van der Waals surface area contributed by atoms with Crippen molar-refractivity contribution in [2.45, 2.75) is 99.9 Å². The fourth-order valence-electron chi connectivity index (χ4n) is 10.9. The molecule has 10 heterocycles. The summed E-state index contributed by atoms with van der Waals surface area (Å²) in [7, 11) is 0. The molecule has 0 amide bonds. The van der Waals surface area contributed by atoms with Crippen molar-refractivity contribution in [3.63, 3.8) is 0 Å². The number of ketones is 2. The van der Waals surface area contributed by atoms with E-state index in [2.05, 4.69) is 8.83 Å². The van der Waals surface area contributed by atoms with Gasteiger partial charge in [-0.05, 0) is 118 Å². The first-order chi connectivity index (χ1) is 62.7. The standard InChI is InChI=1S/C25H19FO5.C18H13FO5.C14H14O4.C14H12O4.C7H8O4.C6H5ClO3.C6H6O4.C6H6O3/c1-16-13-21(27)24(29-15-18-5-3-2-4-6-18)25(30-16)23(28)22-12-11-20(31-22)14-17-7-9-19(26)10-8-17;1-10-8-14(20)16(21)18(23-10)17(22)15-7-6-13(24-15)9-11-2-4-12(19)5-3-11;2*1-10-7-12(16)14(13(8-15)18-10)17-9-11-5-3-2-4-6-11;1-4-2-5(9)7(10)6(3-8)11-4;2*7-2-4-1-5(8)6(9)3-10-4;1-4-2-5(7)6(8)3-9-4/h2-13H,14-15H2,1H3;2-8,21H,9H2,1H3;2-7,15H,8-9H2,1H3;2-8H,9H2,1H3;2,8,10H,3H2,1H3;1,3,9H,2H2;1,3,7,9H,2H2;2-3,8H,1H3. The summed E-state index contributed by atoms with van der Waals surface area (Å²) in [5.41, 5.74) is 0.639. The van der Waals surface area contributed by atoms with E-state index in [1.54, 1.807) is 71.0 Å². The molecule has 0 aliphatic carbocycles. The molecule has 0 saturated carbocycles. The van der Waals surface area contributed by atoms with Gasteiger partial charge in [0.25, 0.3) is 11.6 Å². The number of aliphatic hydroxyl groups excluding tert-OH is 3. The van der Waals surface area contributed by atoms with Gasteiger partial charge < -0.3 is 99.2 Å². The average molecular weight is 1820 g/mol. The van der Waals surface area contributed by atoms with Gasteiger partial charge in [0.15, 0.2) is 46.6 Å². The number of aromatic hydroxyl groups is 5. The zero-order chi connectivity index (χ0) is 95.4. The first-order valence-corrected chi connectivity index (χ1v) is 39.3. The van der Waals surface area contributed by atoms with Crippen LogP contribution in [-0.4, -0.2) is 58.7 Å². The van der Waals surface area contributed by atoms with Crippen LogP contribution in [0.4, 0.5) is 8.78 Å². The van der Waals surface area contributed by atoms with Crippen molar-refractivity contribution in [2.24, 2.45) is 0 Å². The Hall–Kier alpha value is -16.3. The molecule has 32 nitrogen and oxygen atoms in total. The highest BCUT2D eigenvalue weighted by atomic mass is 35.5. The van der Waals surface area contributed by atoms with Gasteiger partial charge in [-0.3, -0.25) is 52.7 Å². The number of halogens is 3. The Balaban J connectivity index is 0.000000192. The lowest BCUT2D eigenvalue weighted by Crippen LogP contribution is -2.14. The molecule has 0 aliphatic rings. The molecule has 35 heteroatoms. The molecular weight excluding hydrogens is 1740 g/mol. The fraction of sp³-hybridized carbons (Fsp3) is 0.156. The molecule has 5 aromatic carbocycles. The zero-order valence-electron chi connectivity index (χ0n) is 70.4. The van der Waals surface area contributed by atoms with E-state index in [4.69, 9.17) is 96.9 Å². The largest absolute Gasteiger partial charge is 0.502 e. The molecule has 131 heavy (non-hydrogen) atoms.